The lowest BCUT2D eigenvalue weighted by atomic mass is 10.2. The first-order chi connectivity index (χ1) is 9.54. The average Bonchev–Trinajstić information content (AvgIpc) is 3.09. The molecule has 0 saturated heterocycles. The second-order valence-electron chi connectivity index (χ2n) is 4.10. The van der Waals surface area contributed by atoms with Gasteiger partial charge in [-0.3, -0.25) is 0 Å². The molecule has 0 N–H and O–H groups in total. The van der Waals surface area contributed by atoms with E-state index in [4.69, 9.17) is 9.05 Å². The molecule has 0 spiro atoms. The van der Waals surface area contributed by atoms with Crippen molar-refractivity contribution in [3.63, 3.8) is 0 Å². The molecule has 3 aromatic rings. The predicted octanol–water partition coefficient (Wildman–Crippen LogP) is 1.80. The van der Waals surface area contributed by atoms with Gasteiger partial charge < -0.3 is 9.05 Å². The highest BCUT2D eigenvalue weighted by Crippen LogP contribution is 2.22. The van der Waals surface area contributed by atoms with Gasteiger partial charge in [-0.15, -0.1) is 0 Å². The molecule has 0 unspecified atom stereocenters. The summed E-state index contributed by atoms with van der Waals surface area (Å²) in [6.45, 7) is 0. The van der Waals surface area contributed by atoms with Crippen molar-refractivity contribution in [2.75, 3.05) is 6.26 Å². The highest BCUT2D eigenvalue weighted by atomic mass is 32.2. The SMILES string of the molecule is CS(=O)(=O)c1ccc(-c2nc(-c3ccon3)no2)cc1. The Morgan fingerprint density at radius 2 is 1.80 bits per heavy atom. The third-order valence-corrected chi connectivity index (χ3v) is 3.75. The van der Waals surface area contributed by atoms with Gasteiger partial charge in [-0.1, -0.05) is 10.3 Å². The van der Waals surface area contributed by atoms with Crippen molar-refractivity contribution in [1.29, 1.82) is 0 Å². The lowest BCUT2D eigenvalue weighted by molar-refractivity contribution is 0.417. The van der Waals surface area contributed by atoms with Crippen LogP contribution >= 0.6 is 0 Å². The van der Waals surface area contributed by atoms with Crippen LogP contribution in [0.25, 0.3) is 23.0 Å². The molecule has 0 saturated carbocycles. The molecule has 0 aliphatic carbocycles. The molecule has 1 aromatic carbocycles. The fourth-order valence-corrected chi connectivity index (χ4v) is 2.25. The Kier molecular flexibility index (Phi) is 2.87. The van der Waals surface area contributed by atoms with Gasteiger partial charge in [0, 0.05) is 17.9 Å². The van der Waals surface area contributed by atoms with Crippen molar-refractivity contribution in [3.8, 4) is 23.0 Å². The second-order valence-corrected chi connectivity index (χ2v) is 6.12. The summed E-state index contributed by atoms with van der Waals surface area (Å²) < 4.78 is 32.5. The van der Waals surface area contributed by atoms with E-state index in [0.717, 1.165) is 6.26 Å². The summed E-state index contributed by atoms with van der Waals surface area (Å²) in [7, 11) is -3.22. The van der Waals surface area contributed by atoms with Crippen molar-refractivity contribution in [3.05, 3.63) is 36.6 Å². The largest absolute Gasteiger partial charge is 0.364 e. The van der Waals surface area contributed by atoms with Gasteiger partial charge in [-0.05, 0) is 24.3 Å². The summed E-state index contributed by atoms with van der Waals surface area (Å²) in [5, 5.41) is 7.48. The van der Waals surface area contributed by atoms with Crippen LogP contribution < -0.4 is 0 Å². The quantitative estimate of drug-likeness (QED) is 0.725. The summed E-state index contributed by atoms with van der Waals surface area (Å²) in [5.74, 6) is 0.587. The molecule has 0 bridgehead atoms. The van der Waals surface area contributed by atoms with Gasteiger partial charge in [-0.2, -0.15) is 4.98 Å². The lowest BCUT2D eigenvalue weighted by Crippen LogP contribution is -1.96. The van der Waals surface area contributed by atoms with Gasteiger partial charge in [-0.25, -0.2) is 8.42 Å². The van der Waals surface area contributed by atoms with E-state index in [0.29, 0.717) is 17.1 Å². The van der Waals surface area contributed by atoms with Gasteiger partial charge in [0.25, 0.3) is 5.89 Å². The highest BCUT2D eigenvalue weighted by molar-refractivity contribution is 7.90. The molecular weight excluding hydrogens is 282 g/mol. The Morgan fingerprint density at radius 3 is 2.40 bits per heavy atom. The zero-order valence-electron chi connectivity index (χ0n) is 10.3. The molecule has 0 aliphatic heterocycles. The van der Waals surface area contributed by atoms with Crippen molar-refractivity contribution >= 4 is 9.84 Å². The fourth-order valence-electron chi connectivity index (χ4n) is 1.62. The van der Waals surface area contributed by atoms with Crippen LogP contribution in [0.1, 0.15) is 0 Å². The third-order valence-electron chi connectivity index (χ3n) is 2.62. The van der Waals surface area contributed by atoms with Crippen molar-refractivity contribution in [2.45, 2.75) is 4.90 Å². The number of hydrogen-bond donors (Lipinski definition) is 0. The van der Waals surface area contributed by atoms with Gasteiger partial charge in [0.1, 0.15) is 6.26 Å². The minimum absolute atomic E-state index is 0.234. The topological polar surface area (TPSA) is 99.1 Å². The number of nitrogens with zero attached hydrogens (tertiary/aromatic N) is 3. The van der Waals surface area contributed by atoms with E-state index in [1.54, 1.807) is 18.2 Å². The summed E-state index contributed by atoms with van der Waals surface area (Å²) in [6.07, 6.45) is 2.56. The molecule has 2 aromatic heterocycles. The number of aromatic nitrogens is 3. The molecule has 0 aliphatic rings. The van der Waals surface area contributed by atoms with E-state index in [1.807, 2.05) is 0 Å². The lowest BCUT2D eigenvalue weighted by Gasteiger charge is -1.98. The van der Waals surface area contributed by atoms with Crippen LogP contribution in [0, 0.1) is 0 Å². The van der Waals surface area contributed by atoms with E-state index < -0.39 is 9.84 Å². The maximum Gasteiger partial charge on any atom is 0.258 e. The molecule has 2 heterocycles. The highest BCUT2D eigenvalue weighted by Gasteiger charge is 2.13. The fraction of sp³-hybridized carbons (Fsp3) is 0.0833. The average molecular weight is 291 g/mol. The van der Waals surface area contributed by atoms with E-state index in [2.05, 4.69) is 15.3 Å². The molecule has 0 radical (unpaired) electrons. The molecule has 0 amide bonds. The maximum absolute atomic E-state index is 11.4. The van der Waals surface area contributed by atoms with Crippen LogP contribution in [0.3, 0.4) is 0 Å². The molecule has 0 fully saturated rings. The van der Waals surface area contributed by atoms with Crippen LogP contribution in [0.4, 0.5) is 0 Å². The molecule has 102 valence electrons. The Hall–Kier alpha value is -2.48. The first-order valence-electron chi connectivity index (χ1n) is 5.59. The number of benzene rings is 1. The Labute approximate surface area is 114 Å². The van der Waals surface area contributed by atoms with Gasteiger partial charge >= 0.3 is 0 Å². The predicted molar refractivity (Wildman–Crippen MR) is 68.3 cm³/mol. The van der Waals surface area contributed by atoms with Crippen LogP contribution in [-0.2, 0) is 9.84 Å². The second kappa shape index (κ2) is 4.57. The summed E-state index contributed by atoms with van der Waals surface area (Å²) in [5.41, 5.74) is 1.09. The number of sulfone groups is 1. The summed E-state index contributed by atoms with van der Waals surface area (Å²) >= 11 is 0. The van der Waals surface area contributed by atoms with E-state index >= 15 is 0 Å². The normalized spacial score (nSPS) is 11.7. The van der Waals surface area contributed by atoms with Crippen molar-refractivity contribution < 1.29 is 17.5 Å². The molecule has 0 atom stereocenters. The Morgan fingerprint density at radius 1 is 1.05 bits per heavy atom. The zero-order chi connectivity index (χ0) is 14.2. The Bertz CT molecular complexity index is 820. The van der Waals surface area contributed by atoms with Gasteiger partial charge in [0.2, 0.25) is 5.82 Å². The molecule has 20 heavy (non-hydrogen) atoms. The zero-order valence-corrected chi connectivity index (χ0v) is 11.2. The standard InChI is InChI=1S/C12H9N3O4S/c1-20(16,17)9-4-2-8(3-5-9)12-13-11(15-19-12)10-6-7-18-14-10/h2-7H,1H3. The molecular formula is C12H9N3O4S. The van der Waals surface area contributed by atoms with Crippen LogP contribution in [0.15, 0.2) is 50.5 Å². The van der Waals surface area contributed by atoms with Gasteiger partial charge in [0.05, 0.1) is 4.90 Å². The first kappa shape index (κ1) is 12.5. The van der Waals surface area contributed by atoms with Crippen molar-refractivity contribution in [1.82, 2.24) is 15.3 Å². The van der Waals surface area contributed by atoms with E-state index in [9.17, 15) is 8.42 Å². The first-order valence-corrected chi connectivity index (χ1v) is 7.48. The van der Waals surface area contributed by atoms with E-state index in [1.165, 1.54) is 18.4 Å². The minimum atomic E-state index is -3.22. The Balaban J connectivity index is 1.94. The maximum atomic E-state index is 11.4. The number of rotatable bonds is 3. The van der Waals surface area contributed by atoms with Crippen LogP contribution in [-0.4, -0.2) is 30.0 Å². The molecule has 7 nitrogen and oxygen atoms in total. The number of hydrogen-bond acceptors (Lipinski definition) is 7. The van der Waals surface area contributed by atoms with Crippen molar-refractivity contribution in [2.24, 2.45) is 0 Å². The minimum Gasteiger partial charge on any atom is -0.364 e. The smallest absolute Gasteiger partial charge is 0.258 e. The van der Waals surface area contributed by atoms with Gasteiger partial charge in [0.15, 0.2) is 15.5 Å². The molecule has 8 heteroatoms. The summed E-state index contributed by atoms with van der Waals surface area (Å²) in [6, 6.07) is 7.81. The third kappa shape index (κ3) is 2.32. The van der Waals surface area contributed by atoms with Crippen LogP contribution in [0.5, 0.6) is 0 Å². The van der Waals surface area contributed by atoms with E-state index in [-0.39, 0.29) is 10.8 Å². The molecule has 3 rings (SSSR count). The summed E-state index contributed by atoms with van der Waals surface area (Å²) in [4.78, 5) is 4.40. The van der Waals surface area contributed by atoms with Crippen LogP contribution in [0.2, 0.25) is 0 Å². The monoisotopic (exact) mass is 291 g/mol.